The van der Waals surface area contributed by atoms with Gasteiger partial charge in [-0.05, 0) is 24.3 Å². The maximum Gasteiger partial charge on any atom is 0.203 e. The summed E-state index contributed by atoms with van der Waals surface area (Å²) in [6, 6.07) is 6.52. The van der Waals surface area contributed by atoms with Crippen molar-refractivity contribution >= 4 is 40.3 Å². The number of halogens is 2. The number of rotatable bonds is 4. The van der Waals surface area contributed by atoms with Crippen LogP contribution in [0.3, 0.4) is 0 Å². The number of hydrogen-bond acceptors (Lipinski definition) is 4. The van der Waals surface area contributed by atoms with E-state index in [-0.39, 0.29) is 5.78 Å². The van der Waals surface area contributed by atoms with E-state index in [1.807, 2.05) is 0 Å². The Hall–Kier alpha value is -1.23. The quantitative estimate of drug-likeness (QED) is 0.789. The Balaban J connectivity index is 2.46. The topological polar surface area (TPSA) is 35.5 Å². The molecule has 1 heterocycles. The van der Waals surface area contributed by atoms with Crippen LogP contribution in [0.1, 0.15) is 15.2 Å². The predicted octanol–water partition coefficient (Wildman–Crippen LogP) is 4.30. The molecule has 0 bridgehead atoms. The highest BCUT2D eigenvalue weighted by atomic mass is 35.5. The summed E-state index contributed by atoms with van der Waals surface area (Å²) < 4.78 is 10.9. The second-order valence-electron chi connectivity index (χ2n) is 3.63. The first-order valence-corrected chi connectivity index (χ1v) is 6.85. The summed E-state index contributed by atoms with van der Waals surface area (Å²) in [6.07, 6.45) is 0. The molecule has 0 saturated heterocycles. The van der Waals surface area contributed by atoms with Crippen LogP contribution in [0, 0.1) is 0 Å². The molecule has 0 fully saturated rings. The van der Waals surface area contributed by atoms with Gasteiger partial charge in [0.25, 0.3) is 0 Å². The van der Waals surface area contributed by atoms with Crippen molar-refractivity contribution in [2.45, 2.75) is 0 Å². The fourth-order valence-corrected chi connectivity index (χ4v) is 2.92. The van der Waals surface area contributed by atoms with Crippen molar-refractivity contribution in [3.8, 4) is 11.5 Å². The Morgan fingerprint density at radius 3 is 2.42 bits per heavy atom. The van der Waals surface area contributed by atoms with Gasteiger partial charge in [0.05, 0.1) is 28.5 Å². The van der Waals surface area contributed by atoms with Crippen LogP contribution in [-0.2, 0) is 0 Å². The van der Waals surface area contributed by atoms with Crippen molar-refractivity contribution < 1.29 is 14.3 Å². The number of thiophene rings is 1. The average molecular weight is 317 g/mol. The molecule has 1 aromatic heterocycles. The molecule has 19 heavy (non-hydrogen) atoms. The van der Waals surface area contributed by atoms with Gasteiger partial charge in [-0.1, -0.05) is 23.2 Å². The third kappa shape index (κ3) is 2.86. The van der Waals surface area contributed by atoms with Gasteiger partial charge in [-0.3, -0.25) is 4.79 Å². The van der Waals surface area contributed by atoms with E-state index in [0.717, 1.165) is 0 Å². The third-order valence-corrected chi connectivity index (χ3v) is 4.00. The van der Waals surface area contributed by atoms with Gasteiger partial charge in [0.2, 0.25) is 5.78 Å². The maximum atomic E-state index is 12.3. The summed E-state index contributed by atoms with van der Waals surface area (Å²) in [5, 5.41) is 0.327. The largest absolute Gasteiger partial charge is 0.493 e. The minimum atomic E-state index is -0.153. The van der Waals surface area contributed by atoms with Gasteiger partial charge in [0.15, 0.2) is 11.5 Å². The molecule has 0 unspecified atom stereocenters. The highest BCUT2D eigenvalue weighted by Crippen LogP contribution is 2.37. The van der Waals surface area contributed by atoms with Crippen molar-refractivity contribution in [1.82, 2.24) is 0 Å². The van der Waals surface area contributed by atoms with Crippen molar-refractivity contribution in [1.29, 1.82) is 0 Å². The van der Waals surface area contributed by atoms with E-state index in [9.17, 15) is 4.79 Å². The molecule has 100 valence electrons. The van der Waals surface area contributed by atoms with Crippen molar-refractivity contribution in [3.63, 3.8) is 0 Å². The molecule has 6 heteroatoms. The molecule has 0 aliphatic carbocycles. The van der Waals surface area contributed by atoms with Crippen LogP contribution >= 0.6 is 34.5 Å². The van der Waals surface area contributed by atoms with Gasteiger partial charge in [-0.2, -0.15) is 0 Å². The predicted molar refractivity (Wildman–Crippen MR) is 77.3 cm³/mol. The Morgan fingerprint density at radius 1 is 1.16 bits per heavy atom. The normalized spacial score (nSPS) is 10.3. The van der Waals surface area contributed by atoms with E-state index >= 15 is 0 Å². The van der Waals surface area contributed by atoms with E-state index in [2.05, 4.69) is 0 Å². The van der Waals surface area contributed by atoms with Crippen LogP contribution < -0.4 is 9.47 Å². The van der Waals surface area contributed by atoms with Crippen LogP contribution in [0.2, 0.25) is 9.36 Å². The molecule has 3 nitrogen and oxygen atoms in total. The van der Waals surface area contributed by atoms with E-state index in [4.69, 9.17) is 32.7 Å². The first-order valence-electron chi connectivity index (χ1n) is 5.28. The van der Waals surface area contributed by atoms with E-state index in [1.165, 1.54) is 25.6 Å². The number of carbonyl (C=O) groups excluding carboxylic acids is 1. The van der Waals surface area contributed by atoms with Crippen LogP contribution in [0.25, 0.3) is 0 Å². The van der Waals surface area contributed by atoms with Gasteiger partial charge >= 0.3 is 0 Å². The molecule has 0 radical (unpaired) electrons. The zero-order valence-electron chi connectivity index (χ0n) is 10.2. The summed E-state index contributed by atoms with van der Waals surface area (Å²) in [5.41, 5.74) is 0.432. The highest BCUT2D eigenvalue weighted by molar-refractivity contribution is 7.18. The molecule has 0 aliphatic heterocycles. The average Bonchev–Trinajstić information content (AvgIpc) is 2.83. The Labute approximate surface area is 124 Å². The number of methoxy groups -OCH3 is 2. The van der Waals surface area contributed by atoms with Crippen LogP contribution in [-0.4, -0.2) is 20.0 Å². The molecular formula is C13H10Cl2O3S. The van der Waals surface area contributed by atoms with Gasteiger partial charge in [-0.25, -0.2) is 0 Å². The number of benzene rings is 1. The summed E-state index contributed by atoms with van der Waals surface area (Å²) in [6.45, 7) is 0. The third-order valence-electron chi connectivity index (χ3n) is 2.49. The zero-order valence-corrected chi connectivity index (χ0v) is 12.5. The molecule has 2 rings (SSSR count). The molecule has 0 aliphatic rings. The van der Waals surface area contributed by atoms with E-state index in [0.29, 0.717) is 31.3 Å². The first kappa shape index (κ1) is 14.2. The number of hydrogen-bond donors (Lipinski definition) is 0. The lowest BCUT2D eigenvalue weighted by atomic mass is 10.1. The summed E-state index contributed by atoms with van der Waals surface area (Å²) in [4.78, 5) is 12.8. The fraction of sp³-hybridized carbons (Fsp3) is 0.154. The second-order valence-corrected chi connectivity index (χ2v) is 5.75. The molecule has 0 N–H and O–H groups in total. The van der Waals surface area contributed by atoms with Gasteiger partial charge in [0.1, 0.15) is 0 Å². The molecule has 0 atom stereocenters. The lowest BCUT2D eigenvalue weighted by Gasteiger charge is -2.10. The maximum absolute atomic E-state index is 12.3. The van der Waals surface area contributed by atoms with Crippen molar-refractivity contribution in [2.75, 3.05) is 14.2 Å². The molecule has 0 spiro atoms. The van der Waals surface area contributed by atoms with E-state index < -0.39 is 0 Å². The van der Waals surface area contributed by atoms with Crippen molar-refractivity contribution in [3.05, 3.63) is 44.1 Å². The lowest BCUT2D eigenvalue weighted by Crippen LogP contribution is -2.01. The number of ether oxygens (including phenoxy) is 2. The van der Waals surface area contributed by atoms with E-state index in [1.54, 1.807) is 24.3 Å². The lowest BCUT2D eigenvalue weighted by molar-refractivity contribution is 0.104. The van der Waals surface area contributed by atoms with Gasteiger partial charge in [0, 0.05) is 5.56 Å². The fourth-order valence-electron chi connectivity index (χ4n) is 1.63. The molecule has 1 aromatic carbocycles. The molecule has 2 aromatic rings. The molecule has 0 amide bonds. The summed E-state index contributed by atoms with van der Waals surface area (Å²) in [5.74, 6) is 0.672. The minimum Gasteiger partial charge on any atom is -0.493 e. The van der Waals surface area contributed by atoms with Gasteiger partial charge in [-0.15, -0.1) is 11.3 Å². The first-order chi connectivity index (χ1) is 9.06. The monoisotopic (exact) mass is 316 g/mol. The SMILES string of the molecule is COc1cc(C(=O)c2ccc(Cl)s2)cc(Cl)c1OC. The Bertz CT molecular complexity index is 622. The summed E-state index contributed by atoms with van der Waals surface area (Å²) >= 11 is 13.1. The number of ketones is 1. The van der Waals surface area contributed by atoms with Gasteiger partial charge < -0.3 is 9.47 Å². The van der Waals surface area contributed by atoms with Crippen molar-refractivity contribution in [2.24, 2.45) is 0 Å². The Morgan fingerprint density at radius 2 is 1.89 bits per heavy atom. The van der Waals surface area contributed by atoms with Crippen LogP contribution in [0.4, 0.5) is 0 Å². The number of carbonyl (C=O) groups is 1. The Kier molecular flexibility index (Phi) is 4.34. The highest BCUT2D eigenvalue weighted by Gasteiger charge is 2.17. The minimum absolute atomic E-state index is 0.153. The standard InChI is InChI=1S/C13H10Cl2O3S/c1-17-9-6-7(5-8(14)13(9)18-2)12(16)10-3-4-11(15)19-10/h3-6H,1-2H3. The summed E-state index contributed by atoms with van der Waals surface area (Å²) in [7, 11) is 2.98. The zero-order chi connectivity index (χ0) is 14.0. The smallest absolute Gasteiger partial charge is 0.203 e. The molecular weight excluding hydrogens is 307 g/mol. The van der Waals surface area contributed by atoms with Crippen LogP contribution in [0.5, 0.6) is 11.5 Å². The van der Waals surface area contributed by atoms with Crippen LogP contribution in [0.15, 0.2) is 24.3 Å². The molecule has 0 saturated carbocycles. The second kappa shape index (κ2) is 5.82.